The van der Waals surface area contributed by atoms with Crippen LogP contribution in [0.2, 0.25) is 10.0 Å². The molecule has 0 saturated carbocycles. The van der Waals surface area contributed by atoms with Crippen molar-refractivity contribution in [2.24, 2.45) is 5.10 Å². The summed E-state index contributed by atoms with van der Waals surface area (Å²) in [4.78, 5) is 37.3. The van der Waals surface area contributed by atoms with E-state index in [-0.39, 0.29) is 16.5 Å². The maximum absolute atomic E-state index is 12.7. The first kappa shape index (κ1) is 25.7. The zero-order valence-corrected chi connectivity index (χ0v) is 20.8. The quantitative estimate of drug-likeness (QED) is 0.112. The summed E-state index contributed by atoms with van der Waals surface area (Å²) >= 11 is 11.9. The van der Waals surface area contributed by atoms with Gasteiger partial charge in [0.1, 0.15) is 11.5 Å². The SMILES string of the molecule is COc1ccc(C(=O)Oc2ccc3ccccc3c2C=NNC(=O)C(=O)Nc2cc(Cl)ccc2Cl)cc1. The van der Waals surface area contributed by atoms with Crippen molar-refractivity contribution in [3.05, 3.63) is 100 Å². The van der Waals surface area contributed by atoms with Gasteiger partial charge in [-0.15, -0.1) is 0 Å². The smallest absolute Gasteiger partial charge is 0.343 e. The molecule has 37 heavy (non-hydrogen) atoms. The molecule has 0 spiro atoms. The van der Waals surface area contributed by atoms with E-state index in [0.29, 0.717) is 21.9 Å². The third kappa shape index (κ3) is 6.24. The molecular weight excluding hydrogens is 517 g/mol. The fourth-order valence-electron chi connectivity index (χ4n) is 3.36. The van der Waals surface area contributed by atoms with Crippen LogP contribution in [0.3, 0.4) is 0 Å². The summed E-state index contributed by atoms with van der Waals surface area (Å²) in [7, 11) is 1.53. The number of carbonyl (C=O) groups is 3. The van der Waals surface area contributed by atoms with Crippen LogP contribution in [-0.4, -0.2) is 31.1 Å². The zero-order valence-electron chi connectivity index (χ0n) is 19.3. The van der Waals surface area contributed by atoms with Crippen LogP contribution in [-0.2, 0) is 9.59 Å². The molecule has 0 aliphatic carbocycles. The fourth-order valence-corrected chi connectivity index (χ4v) is 3.70. The third-order valence-corrected chi connectivity index (χ3v) is 5.77. The molecule has 0 radical (unpaired) electrons. The maximum Gasteiger partial charge on any atom is 0.343 e. The number of hydrazone groups is 1. The summed E-state index contributed by atoms with van der Waals surface area (Å²) in [5.74, 6) is -1.80. The number of esters is 1. The van der Waals surface area contributed by atoms with Gasteiger partial charge in [-0.2, -0.15) is 5.10 Å². The summed E-state index contributed by atoms with van der Waals surface area (Å²) < 4.78 is 10.7. The molecular formula is C27H19Cl2N3O5. The van der Waals surface area contributed by atoms with Gasteiger partial charge in [0.15, 0.2) is 0 Å². The van der Waals surface area contributed by atoms with Crippen LogP contribution in [0.1, 0.15) is 15.9 Å². The second-order valence-electron chi connectivity index (χ2n) is 7.59. The Balaban J connectivity index is 1.53. The van der Waals surface area contributed by atoms with Crippen molar-refractivity contribution in [3.63, 3.8) is 0 Å². The average Bonchev–Trinajstić information content (AvgIpc) is 2.91. The molecule has 2 amide bonds. The Morgan fingerprint density at radius 2 is 1.65 bits per heavy atom. The van der Waals surface area contributed by atoms with E-state index in [2.05, 4.69) is 15.8 Å². The lowest BCUT2D eigenvalue weighted by molar-refractivity contribution is -0.136. The topological polar surface area (TPSA) is 106 Å². The highest BCUT2D eigenvalue weighted by molar-refractivity contribution is 6.42. The van der Waals surface area contributed by atoms with Gasteiger partial charge in [0.05, 0.1) is 29.6 Å². The van der Waals surface area contributed by atoms with Gasteiger partial charge < -0.3 is 14.8 Å². The minimum Gasteiger partial charge on any atom is -0.497 e. The van der Waals surface area contributed by atoms with Gasteiger partial charge in [-0.1, -0.05) is 53.5 Å². The predicted molar refractivity (Wildman–Crippen MR) is 143 cm³/mol. The summed E-state index contributed by atoms with van der Waals surface area (Å²) in [6.07, 6.45) is 1.30. The number of hydrogen-bond donors (Lipinski definition) is 2. The number of methoxy groups -OCH3 is 1. The number of halogens is 2. The first-order valence-corrected chi connectivity index (χ1v) is 11.6. The van der Waals surface area contributed by atoms with Crippen LogP contribution >= 0.6 is 23.2 Å². The van der Waals surface area contributed by atoms with Crippen molar-refractivity contribution in [2.45, 2.75) is 0 Å². The van der Waals surface area contributed by atoms with Crippen molar-refractivity contribution in [1.29, 1.82) is 0 Å². The molecule has 0 aromatic heterocycles. The molecule has 2 N–H and O–H groups in total. The van der Waals surface area contributed by atoms with Crippen LogP contribution in [0.15, 0.2) is 84.0 Å². The van der Waals surface area contributed by atoms with Gasteiger partial charge in [0.25, 0.3) is 0 Å². The van der Waals surface area contributed by atoms with Crippen LogP contribution in [0.25, 0.3) is 10.8 Å². The molecule has 186 valence electrons. The molecule has 4 rings (SSSR count). The molecule has 0 fully saturated rings. The van der Waals surface area contributed by atoms with E-state index in [0.717, 1.165) is 10.8 Å². The van der Waals surface area contributed by atoms with Crippen LogP contribution in [0.5, 0.6) is 11.5 Å². The minimum atomic E-state index is -1.04. The van der Waals surface area contributed by atoms with Gasteiger partial charge in [-0.05, 0) is 59.3 Å². The van der Waals surface area contributed by atoms with Crippen LogP contribution in [0.4, 0.5) is 5.69 Å². The molecule has 0 aliphatic rings. The fraction of sp³-hybridized carbons (Fsp3) is 0.0370. The summed E-state index contributed by atoms with van der Waals surface area (Å²) in [6, 6.07) is 21.7. The number of nitrogens with zero attached hydrogens (tertiary/aromatic N) is 1. The molecule has 0 aliphatic heterocycles. The van der Waals surface area contributed by atoms with Gasteiger partial charge >= 0.3 is 17.8 Å². The monoisotopic (exact) mass is 535 g/mol. The number of hydrogen-bond acceptors (Lipinski definition) is 6. The molecule has 10 heteroatoms. The van der Waals surface area contributed by atoms with E-state index in [1.165, 1.54) is 25.5 Å². The second kappa shape index (κ2) is 11.6. The Kier molecular flexibility index (Phi) is 8.02. The molecule has 4 aromatic rings. The Morgan fingerprint density at radius 1 is 0.892 bits per heavy atom. The first-order chi connectivity index (χ1) is 17.9. The first-order valence-electron chi connectivity index (χ1n) is 10.8. The molecule has 0 unspecified atom stereocenters. The molecule has 4 aromatic carbocycles. The Hall–Kier alpha value is -4.40. The maximum atomic E-state index is 12.7. The Morgan fingerprint density at radius 3 is 2.41 bits per heavy atom. The minimum absolute atomic E-state index is 0.181. The van der Waals surface area contributed by atoms with Gasteiger partial charge in [0, 0.05) is 10.6 Å². The highest BCUT2D eigenvalue weighted by atomic mass is 35.5. The van der Waals surface area contributed by atoms with Crippen molar-refractivity contribution in [1.82, 2.24) is 5.43 Å². The molecule has 0 saturated heterocycles. The van der Waals surface area contributed by atoms with Crippen molar-refractivity contribution < 1.29 is 23.9 Å². The number of nitrogens with one attached hydrogen (secondary N) is 2. The molecule has 0 atom stereocenters. The van der Waals surface area contributed by atoms with Gasteiger partial charge in [0.2, 0.25) is 0 Å². The van der Waals surface area contributed by atoms with Gasteiger partial charge in [-0.3, -0.25) is 9.59 Å². The number of amides is 2. The lowest BCUT2D eigenvalue weighted by Gasteiger charge is -2.11. The van der Waals surface area contributed by atoms with Crippen molar-refractivity contribution >= 4 is 63.7 Å². The van der Waals surface area contributed by atoms with Crippen LogP contribution < -0.4 is 20.2 Å². The molecule has 8 nitrogen and oxygen atoms in total. The Labute approximate surface area is 221 Å². The average molecular weight is 536 g/mol. The summed E-state index contributed by atoms with van der Waals surface area (Å²) in [5, 5.41) is 8.41. The lowest BCUT2D eigenvalue weighted by Crippen LogP contribution is -2.32. The van der Waals surface area contributed by atoms with E-state index in [4.69, 9.17) is 32.7 Å². The number of carbonyl (C=O) groups excluding carboxylic acids is 3. The number of benzene rings is 4. The van der Waals surface area contributed by atoms with Crippen molar-refractivity contribution in [2.75, 3.05) is 12.4 Å². The zero-order chi connectivity index (χ0) is 26.4. The number of fused-ring (bicyclic) bond motifs is 1. The van der Waals surface area contributed by atoms with E-state index < -0.39 is 17.8 Å². The standard InChI is InChI=1S/C27H19Cl2N3O5/c1-36-19-10-6-17(7-11-19)27(35)37-24-13-8-16-4-2-3-5-20(16)21(24)15-30-32-26(34)25(33)31-23-14-18(28)9-12-22(23)29/h2-15H,1H3,(H,31,33)(H,32,34). The Bertz CT molecular complexity index is 1520. The van der Waals surface area contributed by atoms with E-state index in [1.54, 1.807) is 42.5 Å². The summed E-state index contributed by atoms with van der Waals surface area (Å²) in [5.41, 5.74) is 3.09. The number of ether oxygens (including phenoxy) is 2. The number of rotatable bonds is 6. The molecule has 0 bridgehead atoms. The highest BCUT2D eigenvalue weighted by Crippen LogP contribution is 2.28. The molecule has 0 heterocycles. The summed E-state index contributed by atoms with van der Waals surface area (Å²) in [6.45, 7) is 0. The largest absolute Gasteiger partial charge is 0.497 e. The number of anilines is 1. The van der Waals surface area contributed by atoms with E-state index >= 15 is 0 Å². The van der Waals surface area contributed by atoms with Gasteiger partial charge in [-0.25, -0.2) is 10.2 Å². The third-order valence-electron chi connectivity index (χ3n) is 5.20. The lowest BCUT2D eigenvalue weighted by atomic mass is 10.0. The highest BCUT2D eigenvalue weighted by Gasteiger charge is 2.16. The van der Waals surface area contributed by atoms with E-state index in [9.17, 15) is 14.4 Å². The van der Waals surface area contributed by atoms with E-state index in [1.807, 2.05) is 24.3 Å². The van der Waals surface area contributed by atoms with Crippen LogP contribution in [0, 0.1) is 0 Å². The second-order valence-corrected chi connectivity index (χ2v) is 8.44. The predicted octanol–water partition coefficient (Wildman–Crippen LogP) is 5.46. The normalized spacial score (nSPS) is 10.8. The van der Waals surface area contributed by atoms with Crippen molar-refractivity contribution in [3.8, 4) is 11.5 Å².